The van der Waals surface area contributed by atoms with Crippen LogP contribution >= 0.6 is 23.2 Å². The van der Waals surface area contributed by atoms with Gasteiger partial charge in [0.2, 0.25) is 5.91 Å². The monoisotopic (exact) mass is 442 g/mol. The lowest BCUT2D eigenvalue weighted by Gasteiger charge is -2.23. The summed E-state index contributed by atoms with van der Waals surface area (Å²) in [6.45, 7) is -0.0236. The van der Waals surface area contributed by atoms with Crippen LogP contribution in [0.4, 0.5) is 5.69 Å². The Balaban J connectivity index is 1.97. The van der Waals surface area contributed by atoms with E-state index in [9.17, 15) is 9.59 Å². The maximum absolute atomic E-state index is 12.8. The average Bonchev–Trinajstić information content (AvgIpc) is 2.76. The molecule has 0 spiro atoms. The highest BCUT2D eigenvalue weighted by atomic mass is 35.5. The van der Waals surface area contributed by atoms with E-state index in [1.165, 1.54) is 0 Å². The predicted molar refractivity (Wildman–Crippen MR) is 119 cm³/mol. The summed E-state index contributed by atoms with van der Waals surface area (Å²) in [7, 11) is 0. The van der Waals surface area contributed by atoms with Gasteiger partial charge in [-0.2, -0.15) is 0 Å². The number of halogens is 2. The van der Waals surface area contributed by atoms with Gasteiger partial charge in [-0.25, -0.2) is 5.84 Å². The molecule has 0 heterocycles. The number of carbonyl (C=O) groups excluding carboxylic acids is 2. The fourth-order valence-electron chi connectivity index (χ4n) is 3.01. The molecule has 1 unspecified atom stereocenters. The molecule has 2 amide bonds. The first-order valence-corrected chi connectivity index (χ1v) is 9.87. The number of nitrogens with two attached hydrogens (primary N) is 1. The third-order valence-electron chi connectivity index (χ3n) is 4.42. The average molecular weight is 443 g/mol. The van der Waals surface area contributed by atoms with E-state index < -0.39 is 6.04 Å². The molecule has 0 aromatic heterocycles. The third kappa shape index (κ3) is 5.58. The number of benzene rings is 3. The molecule has 5 N–H and O–H groups in total. The van der Waals surface area contributed by atoms with Crippen molar-refractivity contribution < 1.29 is 9.59 Å². The van der Waals surface area contributed by atoms with Crippen LogP contribution in [-0.4, -0.2) is 18.4 Å². The van der Waals surface area contributed by atoms with Crippen LogP contribution in [0.2, 0.25) is 10.0 Å². The molecule has 8 heteroatoms. The summed E-state index contributed by atoms with van der Waals surface area (Å²) in [6, 6.07) is 20.9. The number of carbonyl (C=O) groups is 2. The van der Waals surface area contributed by atoms with Gasteiger partial charge >= 0.3 is 0 Å². The first-order valence-electron chi connectivity index (χ1n) is 9.12. The van der Waals surface area contributed by atoms with Crippen molar-refractivity contribution in [1.82, 2.24) is 10.7 Å². The summed E-state index contributed by atoms with van der Waals surface area (Å²) in [6.07, 6.45) is 0. The van der Waals surface area contributed by atoms with Crippen molar-refractivity contribution in [2.24, 2.45) is 5.84 Å². The van der Waals surface area contributed by atoms with E-state index in [0.717, 1.165) is 5.56 Å². The summed E-state index contributed by atoms with van der Waals surface area (Å²) in [5, 5.41) is 7.05. The van der Waals surface area contributed by atoms with E-state index in [4.69, 9.17) is 29.0 Å². The molecule has 30 heavy (non-hydrogen) atoms. The maximum Gasteiger partial charge on any atom is 0.255 e. The topological polar surface area (TPSA) is 96.2 Å². The zero-order chi connectivity index (χ0) is 21.5. The minimum Gasteiger partial charge on any atom is -0.322 e. The second kappa shape index (κ2) is 10.2. The zero-order valence-corrected chi connectivity index (χ0v) is 17.4. The van der Waals surface area contributed by atoms with Crippen molar-refractivity contribution in [1.29, 1.82) is 0 Å². The van der Waals surface area contributed by atoms with Crippen LogP contribution in [0.1, 0.15) is 27.5 Å². The Hall–Kier alpha value is -2.90. The van der Waals surface area contributed by atoms with E-state index in [1.54, 1.807) is 42.5 Å². The van der Waals surface area contributed by atoms with Gasteiger partial charge in [0.25, 0.3) is 5.91 Å². The van der Waals surface area contributed by atoms with Gasteiger partial charge in [-0.15, -0.1) is 0 Å². The molecule has 0 aliphatic carbocycles. The maximum atomic E-state index is 12.8. The summed E-state index contributed by atoms with van der Waals surface area (Å²) >= 11 is 12.3. The van der Waals surface area contributed by atoms with Gasteiger partial charge in [-0.1, -0.05) is 59.6 Å². The quantitative estimate of drug-likeness (QED) is 0.253. The van der Waals surface area contributed by atoms with Crippen LogP contribution in [0.3, 0.4) is 0 Å². The molecule has 154 valence electrons. The number of nitrogens with one attached hydrogen (secondary N) is 3. The standard InChI is InChI=1S/C22H20Cl2N4O2/c23-16-8-4-7-15(11-16)22(30)27-19-10-9-17(24)12-18(19)21(26-13-20(29)28-25)14-5-2-1-3-6-14/h1-12,21,26H,13,25H2,(H,27,30)(H,28,29). The Bertz CT molecular complexity index is 1040. The molecule has 3 rings (SSSR count). The minimum absolute atomic E-state index is 0.0236. The summed E-state index contributed by atoms with van der Waals surface area (Å²) < 4.78 is 0. The smallest absolute Gasteiger partial charge is 0.255 e. The van der Waals surface area contributed by atoms with Gasteiger partial charge in [0, 0.05) is 21.3 Å². The first-order chi connectivity index (χ1) is 14.5. The van der Waals surface area contributed by atoms with Gasteiger partial charge < -0.3 is 5.32 Å². The molecular formula is C22H20Cl2N4O2. The molecule has 0 fully saturated rings. The van der Waals surface area contributed by atoms with Crippen LogP contribution in [-0.2, 0) is 4.79 Å². The molecule has 1 atom stereocenters. The van der Waals surface area contributed by atoms with Crippen molar-refractivity contribution in [3.63, 3.8) is 0 Å². The number of rotatable bonds is 7. The molecule has 6 nitrogen and oxygen atoms in total. The highest BCUT2D eigenvalue weighted by Crippen LogP contribution is 2.31. The van der Waals surface area contributed by atoms with E-state index in [0.29, 0.717) is 26.9 Å². The number of hydrazine groups is 1. The molecule has 3 aromatic carbocycles. The number of amides is 2. The molecule has 3 aromatic rings. The lowest BCUT2D eigenvalue weighted by Crippen LogP contribution is -2.39. The fourth-order valence-corrected chi connectivity index (χ4v) is 3.38. The molecule has 0 radical (unpaired) electrons. The largest absolute Gasteiger partial charge is 0.322 e. The first kappa shape index (κ1) is 21.8. The zero-order valence-electron chi connectivity index (χ0n) is 15.9. The van der Waals surface area contributed by atoms with E-state index >= 15 is 0 Å². The lowest BCUT2D eigenvalue weighted by atomic mass is 9.96. The van der Waals surface area contributed by atoms with Crippen LogP contribution < -0.4 is 21.9 Å². The Morgan fingerprint density at radius 3 is 2.33 bits per heavy atom. The predicted octanol–water partition coefficient (Wildman–Crippen LogP) is 3.91. The summed E-state index contributed by atoms with van der Waals surface area (Å²) in [5.41, 5.74) is 4.67. The van der Waals surface area contributed by atoms with Crippen molar-refractivity contribution >= 4 is 40.7 Å². The van der Waals surface area contributed by atoms with Crippen molar-refractivity contribution in [2.45, 2.75) is 6.04 Å². The Kier molecular flexibility index (Phi) is 7.43. The molecule has 0 saturated carbocycles. The summed E-state index contributed by atoms with van der Waals surface area (Å²) in [4.78, 5) is 24.5. The van der Waals surface area contributed by atoms with E-state index in [2.05, 4.69) is 16.1 Å². The van der Waals surface area contributed by atoms with Crippen LogP contribution in [0.25, 0.3) is 0 Å². The molecule has 0 bridgehead atoms. The van der Waals surface area contributed by atoms with Crippen molar-refractivity contribution in [2.75, 3.05) is 11.9 Å². The van der Waals surface area contributed by atoms with Gasteiger partial charge in [-0.3, -0.25) is 20.3 Å². The Labute approximate surface area is 184 Å². The van der Waals surface area contributed by atoms with Gasteiger partial charge in [0.15, 0.2) is 0 Å². The SMILES string of the molecule is NNC(=O)CNC(c1ccccc1)c1cc(Cl)ccc1NC(=O)c1cccc(Cl)c1. The van der Waals surface area contributed by atoms with Gasteiger partial charge in [0.05, 0.1) is 12.6 Å². The molecule has 0 aliphatic rings. The van der Waals surface area contributed by atoms with Crippen LogP contribution in [0, 0.1) is 0 Å². The Morgan fingerprint density at radius 2 is 1.63 bits per heavy atom. The highest BCUT2D eigenvalue weighted by Gasteiger charge is 2.20. The normalized spacial score (nSPS) is 11.6. The van der Waals surface area contributed by atoms with Gasteiger partial charge in [0.1, 0.15) is 0 Å². The summed E-state index contributed by atoms with van der Waals surface area (Å²) in [5.74, 6) is 4.52. The Morgan fingerprint density at radius 1 is 0.900 bits per heavy atom. The minimum atomic E-state index is -0.420. The number of hydrogen-bond donors (Lipinski definition) is 4. The van der Waals surface area contributed by atoms with Gasteiger partial charge in [-0.05, 0) is 47.5 Å². The van der Waals surface area contributed by atoms with Crippen LogP contribution in [0.5, 0.6) is 0 Å². The lowest BCUT2D eigenvalue weighted by molar-refractivity contribution is -0.120. The van der Waals surface area contributed by atoms with E-state index in [-0.39, 0.29) is 18.4 Å². The fraction of sp³-hybridized carbons (Fsp3) is 0.0909. The van der Waals surface area contributed by atoms with Crippen molar-refractivity contribution in [3.8, 4) is 0 Å². The highest BCUT2D eigenvalue weighted by molar-refractivity contribution is 6.31. The van der Waals surface area contributed by atoms with E-state index in [1.807, 2.05) is 30.3 Å². The second-order valence-corrected chi connectivity index (χ2v) is 7.36. The van der Waals surface area contributed by atoms with Crippen LogP contribution in [0.15, 0.2) is 72.8 Å². The molecule has 0 saturated heterocycles. The third-order valence-corrected chi connectivity index (χ3v) is 4.89. The number of anilines is 1. The second-order valence-electron chi connectivity index (χ2n) is 6.49. The van der Waals surface area contributed by atoms with Crippen molar-refractivity contribution in [3.05, 3.63) is 99.5 Å². The molecule has 0 aliphatic heterocycles. The number of hydrogen-bond acceptors (Lipinski definition) is 4. The molecular weight excluding hydrogens is 423 g/mol.